The molecule has 0 aliphatic carbocycles. The SMILES string of the molecule is N#Cc1ccc(COC(=O)Cn2cnc(N)n2)c(F)c1. The van der Waals surface area contributed by atoms with Gasteiger partial charge in [-0.15, -0.1) is 5.10 Å². The van der Waals surface area contributed by atoms with Gasteiger partial charge >= 0.3 is 5.97 Å². The van der Waals surface area contributed by atoms with Crippen molar-refractivity contribution in [3.8, 4) is 6.07 Å². The van der Waals surface area contributed by atoms with Gasteiger partial charge in [-0.3, -0.25) is 4.79 Å². The summed E-state index contributed by atoms with van der Waals surface area (Å²) in [5.74, 6) is -1.14. The van der Waals surface area contributed by atoms with E-state index in [2.05, 4.69) is 10.1 Å². The minimum absolute atomic E-state index is 0.0518. The molecule has 2 N–H and O–H groups in total. The summed E-state index contributed by atoms with van der Waals surface area (Å²) in [6.45, 7) is -0.386. The summed E-state index contributed by atoms with van der Waals surface area (Å²) in [5, 5.41) is 12.3. The van der Waals surface area contributed by atoms with Gasteiger partial charge in [0.25, 0.3) is 0 Å². The van der Waals surface area contributed by atoms with Gasteiger partial charge in [0.2, 0.25) is 5.95 Å². The average molecular weight is 275 g/mol. The lowest BCUT2D eigenvalue weighted by Gasteiger charge is -2.06. The average Bonchev–Trinajstić information content (AvgIpc) is 2.82. The third-order valence-electron chi connectivity index (χ3n) is 2.42. The number of halogens is 1. The van der Waals surface area contributed by atoms with E-state index in [1.807, 2.05) is 6.07 Å². The summed E-state index contributed by atoms with van der Waals surface area (Å²) in [6, 6.07) is 5.75. The van der Waals surface area contributed by atoms with E-state index in [-0.39, 0.29) is 30.2 Å². The second kappa shape index (κ2) is 5.79. The Bertz CT molecular complexity index is 677. The number of hydrogen-bond donors (Lipinski definition) is 1. The van der Waals surface area contributed by atoms with E-state index in [0.717, 1.165) is 6.07 Å². The summed E-state index contributed by atoms with van der Waals surface area (Å²) in [6.07, 6.45) is 1.29. The minimum Gasteiger partial charge on any atom is -0.459 e. The molecule has 0 atom stereocenters. The molecule has 0 aliphatic rings. The molecule has 7 nitrogen and oxygen atoms in total. The maximum atomic E-state index is 13.5. The van der Waals surface area contributed by atoms with E-state index in [4.69, 9.17) is 15.7 Å². The molecule has 0 spiro atoms. The lowest BCUT2D eigenvalue weighted by Crippen LogP contribution is -2.14. The van der Waals surface area contributed by atoms with E-state index in [1.165, 1.54) is 23.1 Å². The molecule has 0 radical (unpaired) electrons. The molecule has 102 valence electrons. The quantitative estimate of drug-likeness (QED) is 0.819. The van der Waals surface area contributed by atoms with Crippen LogP contribution in [0.2, 0.25) is 0 Å². The van der Waals surface area contributed by atoms with Crippen LogP contribution in [0.4, 0.5) is 10.3 Å². The first-order valence-electron chi connectivity index (χ1n) is 5.57. The van der Waals surface area contributed by atoms with Crippen molar-refractivity contribution in [3.63, 3.8) is 0 Å². The monoisotopic (exact) mass is 275 g/mol. The molecule has 8 heteroatoms. The van der Waals surface area contributed by atoms with Crippen molar-refractivity contribution in [2.45, 2.75) is 13.2 Å². The van der Waals surface area contributed by atoms with Crippen molar-refractivity contribution in [1.29, 1.82) is 5.26 Å². The van der Waals surface area contributed by atoms with Crippen molar-refractivity contribution in [2.75, 3.05) is 5.73 Å². The highest BCUT2D eigenvalue weighted by Crippen LogP contribution is 2.11. The molecular weight excluding hydrogens is 265 g/mol. The van der Waals surface area contributed by atoms with Crippen molar-refractivity contribution in [2.24, 2.45) is 0 Å². The van der Waals surface area contributed by atoms with Crippen molar-refractivity contribution in [3.05, 3.63) is 41.5 Å². The fraction of sp³-hybridized carbons (Fsp3) is 0.167. The fourth-order valence-electron chi connectivity index (χ4n) is 1.46. The van der Waals surface area contributed by atoms with Crippen molar-refractivity contribution < 1.29 is 13.9 Å². The fourth-order valence-corrected chi connectivity index (χ4v) is 1.46. The van der Waals surface area contributed by atoms with Gasteiger partial charge in [-0.05, 0) is 12.1 Å². The highest BCUT2D eigenvalue weighted by Gasteiger charge is 2.09. The molecule has 1 aromatic heterocycles. The Labute approximate surface area is 113 Å². The Morgan fingerprint density at radius 2 is 2.35 bits per heavy atom. The van der Waals surface area contributed by atoms with E-state index in [1.54, 1.807) is 0 Å². The van der Waals surface area contributed by atoms with Crippen LogP contribution < -0.4 is 5.73 Å². The summed E-state index contributed by atoms with van der Waals surface area (Å²) < 4.78 is 19.7. The normalized spacial score (nSPS) is 10.0. The van der Waals surface area contributed by atoms with Crippen LogP contribution in [-0.2, 0) is 22.7 Å². The van der Waals surface area contributed by atoms with Gasteiger partial charge in [-0.25, -0.2) is 14.1 Å². The lowest BCUT2D eigenvalue weighted by molar-refractivity contribution is -0.145. The standard InChI is InChI=1S/C12H10FN5O2/c13-10-3-8(4-14)1-2-9(10)6-20-11(19)5-18-7-16-12(15)17-18/h1-3,7H,5-6H2,(H2,15,17). The molecule has 0 unspecified atom stereocenters. The summed E-state index contributed by atoms with van der Waals surface area (Å²) in [4.78, 5) is 15.2. The smallest absolute Gasteiger partial charge is 0.328 e. The van der Waals surface area contributed by atoms with Gasteiger partial charge < -0.3 is 10.5 Å². The largest absolute Gasteiger partial charge is 0.459 e. The molecule has 2 aromatic rings. The predicted octanol–water partition coefficient (Wildman–Crippen LogP) is 0.614. The summed E-state index contributed by atoms with van der Waals surface area (Å²) in [7, 11) is 0. The number of carbonyl (C=O) groups is 1. The molecule has 0 fully saturated rings. The number of nitrogen functional groups attached to an aromatic ring is 1. The van der Waals surface area contributed by atoms with E-state index < -0.39 is 11.8 Å². The Hall–Kier alpha value is -2.95. The van der Waals surface area contributed by atoms with Crippen molar-refractivity contribution in [1.82, 2.24) is 14.8 Å². The molecular formula is C12H10FN5O2. The molecule has 0 amide bonds. The summed E-state index contributed by atoms with van der Waals surface area (Å²) in [5.41, 5.74) is 5.69. The first-order valence-corrected chi connectivity index (χ1v) is 5.57. The maximum absolute atomic E-state index is 13.5. The number of aromatic nitrogens is 3. The first-order chi connectivity index (χ1) is 9.58. The molecule has 0 aliphatic heterocycles. The number of esters is 1. The predicted molar refractivity (Wildman–Crippen MR) is 65.3 cm³/mol. The highest BCUT2D eigenvalue weighted by molar-refractivity contribution is 5.69. The molecule has 1 heterocycles. The molecule has 1 aromatic carbocycles. The molecule has 0 saturated heterocycles. The zero-order chi connectivity index (χ0) is 14.5. The Balaban J connectivity index is 1.92. The van der Waals surface area contributed by atoms with Crippen LogP contribution in [0.15, 0.2) is 24.5 Å². The van der Waals surface area contributed by atoms with Crippen LogP contribution in [0.5, 0.6) is 0 Å². The van der Waals surface area contributed by atoms with Gasteiger partial charge in [0.1, 0.15) is 25.3 Å². The van der Waals surface area contributed by atoms with Crippen LogP contribution in [0, 0.1) is 17.1 Å². The minimum atomic E-state index is -0.598. The lowest BCUT2D eigenvalue weighted by atomic mass is 10.1. The number of nitriles is 1. The van der Waals surface area contributed by atoms with E-state index in [9.17, 15) is 9.18 Å². The second-order valence-corrected chi connectivity index (χ2v) is 3.88. The van der Waals surface area contributed by atoms with Gasteiger partial charge in [0, 0.05) is 5.56 Å². The third kappa shape index (κ3) is 3.29. The number of hydrogen-bond acceptors (Lipinski definition) is 6. The Morgan fingerprint density at radius 1 is 1.55 bits per heavy atom. The number of nitrogens with zero attached hydrogens (tertiary/aromatic N) is 4. The van der Waals surface area contributed by atoms with Crippen LogP contribution >= 0.6 is 0 Å². The number of anilines is 1. The second-order valence-electron chi connectivity index (χ2n) is 3.88. The van der Waals surface area contributed by atoms with E-state index in [0.29, 0.717) is 0 Å². The van der Waals surface area contributed by atoms with Crippen LogP contribution in [-0.4, -0.2) is 20.7 Å². The molecule has 2 rings (SSSR count). The summed E-state index contributed by atoms with van der Waals surface area (Å²) >= 11 is 0. The van der Waals surface area contributed by atoms with Crippen LogP contribution in [0.1, 0.15) is 11.1 Å². The van der Waals surface area contributed by atoms with E-state index >= 15 is 0 Å². The van der Waals surface area contributed by atoms with Crippen LogP contribution in [0.3, 0.4) is 0 Å². The first kappa shape index (κ1) is 13.5. The van der Waals surface area contributed by atoms with Gasteiger partial charge in [0.15, 0.2) is 0 Å². The zero-order valence-corrected chi connectivity index (χ0v) is 10.3. The molecule has 0 bridgehead atoms. The number of nitrogens with two attached hydrogens (primary N) is 1. The van der Waals surface area contributed by atoms with Crippen LogP contribution in [0.25, 0.3) is 0 Å². The Morgan fingerprint density at radius 3 is 2.95 bits per heavy atom. The molecule has 20 heavy (non-hydrogen) atoms. The number of carbonyl (C=O) groups excluding carboxylic acids is 1. The van der Waals surface area contributed by atoms with Gasteiger partial charge in [-0.1, -0.05) is 6.07 Å². The number of benzene rings is 1. The number of ether oxygens (including phenoxy) is 1. The zero-order valence-electron chi connectivity index (χ0n) is 10.3. The van der Waals surface area contributed by atoms with Gasteiger partial charge in [-0.2, -0.15) is 5.26 Å². The highest BCUT2D eigenvalue weighted by atomic mass is 19.1. The van der Waals surface area contributed by atoms with Crippen molar-refractivity contribution >= 4 is 11.9 Å². The van der Waals surface area contributed by atoms with Gasteiger partial charge in [0.05, 0.1) is 11.6 Å². The Kier molecular flexibility index (Phi) is 3.91. The third-order valence-corrected chi connectivity index (χ3v) is 2.42. The topological polar surface area (TPSA) is 107 Å². The maximum Gasteiger partial charge on any atom is 0.328 e. The molecule has 0 saturated carbocycles. The number of rotatable bonds is 4.